The number of benzene rings is 2. The summed E-state index contributed by atoms with van der Waals surface area (Å²) in [5, 5.41) is 4.24. The number of urea groups is 1. The van der Waals surface area contributed by atoms with Gasteiger partial charge in [-0.2, -0.15) is 0 Å². The number of halogens is 1. The molecule has 0 fully saturated rings. The standard InChI is InChI=1S/C19H23ClN6O2/c1-13-11-14(25-10-4-9-23-25)7-8-18(13)28-12-15-16(20)5-3-6-17(15)26(22)19(27)24(2)21/h3-8,10-11,23H,9,12,21-22H2,1-2H3. The van der Waals surface area contributed by atoms with Gasteiger partial charge in [0, 0.05) is 30.4 Å². The lowest BCUT2D eigenvalue weighted by Gasteiger charge is -2.24. The van der Waals surface area contributed by atoms with Crippen LogP contribution >= 0.6 is 11.6 Å². The van der Waals surface area contributed by atoms with E-state index >= 15 is 0 Å². The number of hydrogen-bond donors (Lipinski definition) is 3. The van der Waals surface area contributed by atoms with Gasteiger partial charge in [-0.05, 0) is 42.8 Å². The summed E-state index contributed by atoms with van der Waals surface area (Å²) in [5.74, 6) is 12.1. The smallest absolute Gasteiger partial charge is 0.352 e. The molecule has 9 heteroatoms. The van der Waals surface area contributed by atoms with E-state index < -0.39 is 6.03 Å². The third-order valence-electron chi connectivity index (χ3n) is 4.30. The normalized spacial score (nSPS) is 13.0. The average molecular weight is 403 g/mol. The highest BCUT2D eigenvalue weighted by atomic mass is 35.5. The van der Waals surface area contributed by atoms with Gasteiger partial charge in [-0.15, -0.1) is 0 Å². The fourth-order valence-electron chi connectivity index (χ4n) is 2.82. The van der Waals surface area contributed by atoms with Gasteiger partial charge in [0.05, 0.1) is 11.4 Å². The molecule has 0 radical (unpaired) electrons. The van der Waals surface area contributed by atoms with Crippen LogP contribution in [0.15, 0.2) is 48.7 Å². The summed E-state index contributed by atoms with van der Waals surface area (Å²) in [6.07, 6.45) is 4.02. The molecule has 0 aromatic heterocycles. The SMILES string of the molecule is Cc1cc(N2C=CCN2)ccc1OCc1c(Cl)cccc1N(N)C(=O)N(C)N. The van der Waals surface area contributed by atoms with Crippen molar-refractivity contribution in [1.82, 2.24) is 10.4 Å². The molecule has 2 amide bonds. The van der Waals surface area contributed by atoms with E-state index in [1.165, 1.54) is 7.05 Å². The Kier molecular flexibility index (Phi) is 6.05. The van der Waals surface area contributed by atoms with Crippen molar-refractivity contribution in [3.05, 3.63) is 64.8 Å². The van der Waals surface area contributed by atoms with E-state index in [4.69, 9.17) is 28.0 Å². The van der Waals surface area contributed by atoms with Gasteiger partial charge >= 0.3 is 6.03 Å². The number of carbonyl (C=O) groups excluding carboxylic acids is 1. The minimum Gasteiger partial charge on any atom is -0.488 e. The third-order valence-corrected chi connectivity index (χ3v) is 4.66. The van der Waals surface area contributed by atoms with Crippen molar-refractivity contribution in [3.63, 3.8) is 0 Å². The Labute approximate surface area is 168 Å². The van der Waals surface area contributed by atoms with Crippen LogP contribution in [-0.2, 0) is 6.61 Å². The first-order valence-corrected chi connectivity index (χ1v) is 9.03. The average Bonchev–Trinajstić information content (AvgIpc) is 3.21. The minimum absolute atomic E-state index is 0.145. The largest absolute Gasteiger partial charge is 0.488 e. The van der Waals surface area contributed by atoms with Crippen LogP contribution in [0.4, 0.5) is 16.2 Å². The fourth-order valence-corrected chi connectivity index (χ4v) is 3.05. The summed E-state index contributed by atoms with van der Waals surface area (Å²) >= 11 is 6.33. The van der Waals surface area contributed by atoms with Gasteiger partial charge in [-0.25, -0.2) is 26.9 Å². The van der Waals surface area contributed by atoms with Crippen LogP contribution in [0.5, 0.6) is 5.75 Å². The topological polar surface area (TPSA) is 100 Å². The second kappa shape index (κ2) is 8.49. The predicted octanol–water partition coefficient (Wildman–Crippen LogP) is 2.67. The number of amides is 2. The van der Waals surface area contributed by atoms with Gasteiger partial charge in [-0.1, -0.05) is 23.7 Å². The molecule has 5 N–H and O–H groups in total. The number of hydrazine groups is 3. The van der Waals surface area contributed by atoms with Crippen molar-refractivity contribution in [3.8, 4) is 5.75 Å². The molecule has 2 aromatic carbocycles. The number of nitrogens with two attached hydrogens (primary N) is 2. The minimum atomic E-state index is -0.574. The van der Waals surface area contributed by atoms with E-state index in [0.717, 1.165) is 27.8 Å². The molecular weight excluding hydrogens is 380 g/mol. The zero-order valence-corrected chi connectivity index (χ0v) is 16.5. The molecule has 0 bridgehead atoms. The lowest BCUT2D eigenvalue weighted by atomic mass is 10.1. The molecular formula is C19H23ClN6O2. The van der Waals surface area contributed by atoms with Crippen LogP contribution in [-0.4, -0.2) is 24.6 Å². The van der Waals surface area contributed by atoms with Crippen LogP contribution < -0.4 is 31.9 Å². The van der Waals surface area contributed by atoms with E-state index in [-0.39, 0.29) is 6.61 Å². The Hall–Kier alpha value is -2.78. The Balaban J connectivity index is 1.79. The quantitative estimate of drug-likeness (QED) is 0.404. The van der Waals surface area contributed by atoms with Gasteiger partial charge in [0.15, 0.2) is 0 Å². The molecule has 1 aliphatic heterocycles. The van der Waals surface area contributed by atoms with Crippen LogP contribution in [0.1, 0.15) is 11.1 Å². The molecule has 0 saturated carbocycles. The second-order valence-electron chi connectivity index (χ2n) is 6.36. The van der Waals surface area contributed by atoms with Crippen LogP contribution in [0.2, 0.25) is 5.02 Å². The summed E-state index contributed by atoms with van der Waals surface area (Å²) < 4.78 is 5.97. The van der Waals surface area contributed by atoms with Crippen molar-refractivity contribution in [1.29, 1.82) is 0 Å². The third kappa shape index (κ3) is 4.20. The number of ether oxygens (including phenoxy) is 1. The molecule has 28 heavy (non-hydrogen) atoms. The Bertz CT molecular complexity index is 902. The summed E-state index contributed by atoms with van der Waals surface area (Å²) in [5.41, 5.74) is 6.23. The lowest BCUT2D eigenvalue weighted by molar-refractivity contribution is 0.216. The van der Waals surface area contributed by atoms with Crippen LogP contribution in [0.25, 0.3) is 0 Å². The number of rotatable bonds is 5. The number of aryl methyl sites for hydroxylation is 1. The number of nitrogens with zero attached hydrogens (tertiary/aromatic N) is 3. The van der Waals surface area contributed by atoms with Crippen molar-refractivity contribution < 1.29 is 9.53 Å². The molecule has 8 nitrogen and oxygen atoms in total. The first-order chi connectivity index (χ1) is 13.4. The summed E-state index contributed by atoms with van der Waals surface area (Å²) in [6, 6.07) is 10.4. The lowest BCUT2D eigenvalue weighted by Crippen LogP contribution is -2.49. The van der Waals surface area contributed by atoms with Gasteiger partial charge in [0.1, 0.15) is 12.4 Å². The van der Waals surface area contributed by atoms with Crippen molar-refractivity contribution in [2.45, 2.75) is 13.5 Å². The first kappa shape index (κ1) is 20.0. The van der Waals surface area contributed by atoms with E-state index in [1.54, 1.807) is 18.2 Å². The Morgan fingerprint density at radius 3 is 2.75 bits per heavy atom. The molecule has 0 unspecified atom stereocenters. The molecule has 148 valence electrons. The van der Waals surface area contributed by atoms with E-state index in [0.29, 0.717) is 22.0 Å². The van der Waals surface area contributed by atoms with Crippen LogP contribution in [0, 0.1) is 6.92 Å². The van der Waals surface area contributed by atoms with E-state index in [9.17, 15) is 4.79 Å². The van der Waals surface area contributed by atoms with E-state index in [1.807, 2.05) is 42.4 Å². The molecule has 0 saturated heterocycles. The fraction of sp³-hybridized carbons (Fsp3) is 0.211. The zero-order valence-electron chi connectivity index (χ0n) is 15.7. The summed E-state index contributed by atoms with van der Waals surface area (Å²) in [7, 11) is 1.41. The van der Waals surface area contributed by atoms with Crippen molar-refractivity contribution in [2.75, 3.05) is 23.6 Å². The highest BCUT2D eigenvalue weighted by Crippen LogP contribution is 2.30. The first-order valence-electron chi connectivity index (χ1n) is 8.66. The van der Waals surface area contributed by atoms with Gasteiger partial charge < -0.3 is 4.74 Å². The second-order valence-corrected chi connectivity index (χ2v) is 6.76. The molecule has 1 aliphatic rings. The predicted molar refractivity (Wildman–Crippen MR) is 111 cm³/mol. The maximum Gasteiger partial charge on any atom is 0.352 e. The molecule has 1 heterocycles. The van der Waals surface area contributed by atoms with Gasteiger partial charge in [0.25, 0.3) is 0 Å². The van der Waals surface area contributed by atoms with Crippen molar-refractivity contribution >= 4 is 29.0 Å². The number of hydrogen-bond acceptors (Lipinski definition) is 6. The highest BCUT2D eigenvalue weighted by molar-refractivity contribution is 6.31. The molecule has 3 rings (SSSR count). The highest BCUT2D eigenvalue weighted by Gasteiger charge is 2.20. The number of anilines is 2. The molecule has 0 spiro atoms. The number of nitrogens with one attached hydrogen (secondary N) is 1. The maximum absolute atomic E-state index is 12.1. The molecule has 2 aromatic rings. The maximum atomic E-state index is 12.1. The zero-order chi connectivity index (χ0) is 20.3. The summed E-state index contributed by atoms with van der Waals surface area (Å²) in [4.78, 5) is 12.1. The Morgan fingerprint density at radius 1 is 1.32 bits per heavy atom. The number of carbonyl (C=O) groups is 1. The summed E-state index contributed by atoms with van der Waals surface area (Å²) in [6.45, 7) is 2.92. The van der Waals surface area contributed by atoms with E-state index in [2.05, 4.69) is 5.43 Å². The van der Waals surface area contributed by atoms with Crippen molar-refractivity contribution in [2.24, 2.45) is 11.7 Å². The molecule has 0 aliphatic carbocycles. The molecule has 0 atom stereocenters. The van der Waals surface area contributed by atoms with Crippen LogP contribution in [0.3, 0.4) is 0 Å². The Morgan fingerprint density at radius 2 is 2.11 bits per heavy atom. The van der Waals surface area contributed by atoms with Gasteiger partial charge in [0.2, 0.25) is 0 Å². The monoisotopic (exact) mass is 402 g/mol. The van der Waals surface area contributed by atoms with Gasteiger partial charge in [-0.3, -0.25) is 10.0 Å².